The van der Waals surface area contributed by atoms with E-state index >= 15 is 0 Å². The third-order valence-corrected chi connectivity index (χ3v) is 3.05. The van der Waals surface area contributed by atoms with E-state index in [-0.39, 0.29) is 23.7 Å². The number of hydrogen-bond donors (Lipinski definition) is 1. The quantitative estimate of drug-likeness (QED) is 0.920. The van der Waals surface area contributed by atoms with Gasteiger partial charge in [0, 0.05) is 12.1 Å². The predicted octanol–water partition coefficient (Wildman–Crippen LogP) is 2.95. The van der Waals surface area contributed by atoms with E-state index in [4.69, 9.17) is 4.74 Å². The van der Waals surface area contributed by atoms with Crippen LogP contribution in [0.25, 0.3) is 0 Å². The molecule has 2 aromatic rings. The maximum absolute atomic E-state index is 13.5. The molecule has 0 aromatic heterocycles. The van der Waals surface area contributed by atoms with Crippen LogP contribution in [-0.2, 0) is 6.42 Å². The second-order valence-electron chi connectivity index (χ2n) is 4.45. The van der Waals surface area contributed by atoms with Crippen LogP contribution in [0.2, 0.25) is 0 Å². The number of rotatable bonds is 5. The van der Waals surface area contributed by atoms with Gasteiger partial charge in [-0.25, -0.2) is 8.78 Å². The Hall–Kier alpha value is -2.43. The molecule has 1 amide bonds. The summed E-state index contributed by atoms with van der Waals surface area (Å²) in [6.07, 6.45) is 0.372. The SMILES string of the molecule is COc1ccc(C(=O)NCCc2ccccc2F)cc1F. The topological polar surface area (TPSA) is 38.3 Å². The van der Waals surface area contributed by atoms with Crippen LogP contribution in [0.5, 0.6) is 5.75 Å². The Labute approximate surface area is 121 Å². The van der Waals surface area contributed by atoms with Gasteiger partial charge in [0.05, 0.1) is 7.11 Å². The molecular formula is C16H15F2NO2. The molecule has 110 valence electrons. The molecule has 1 N–H and O–H groups in total. The van der Waals surface area contributed by atoms with Crippen molar-refractivity contribution < 1.29 is 18.3 Å². The molecule has 0 bridgehead atoms. The van der Waals surface area contributed by atoms with Gasteiger partial charge in [-0.3, -0.25) is 4.79 Å². The van der Waals surface area contributed by atoms with Crippen molar-refractivity contribution >= 4 is 5.91 Å². The molecule has 5 heteroatoms. The van der Waals surface area contributed by atoms with Crippen LogP contribution in [0, 0.1) is 11.6 Å². The minimum absolute atomic E-state index is 0.0814. The summed E-state index contributed by atoms with van der Waals surface area (Å²) < 4.78 is 31.7. The molecule has 0 fully saturated rings. The van der Waals surface area contributed by atoms with E-state index in [0.717, 1.165) is 6.07 Å². The fourth-order valence-corrected chi connectivity index (χ4v) is 1.92. The van der Waals surface area contributed by atoms with Gasteiger partial charge in [0.1, 0.15) is 5.82 Å². The Morgan fingerprint density at radius 2 is 1.90 bits per heavy atom. The molecule has 0 atom stereocenters. The Morgan fingerprint density at radius 3 is 2.57 bits per heavy atom. The third-order valence-electron chi connectivity index (χ3n) is 3.05. The Bertz CT molecular complexity index is 644. The molecule has 0 unspecified atom stereocenters. The van der Waals surface area contributed by atoms with E-state index in [1.807, 2.05) is 0 Å². The average Bonchev–Trinajstić information content (AvgIpc) is 2.49. The largest absolute Gasteiger partial charge is 0.494 e. The van der Waals surface area contributed by atoms with E-state index < -0.39 is 11.7 Å². The lowest BCUT2D eigenvalue weighted by Gasteiger charge is -2.07. The average molecular weight is 291 g/mol. The normalized spacial score (nSPS) is 10.2. The van der Waals surface area contributed by atoms with Crippen LogP contribution >= 0.6 is 0 Å². The minimum atomic E-state index is -0.598. The van der Waals surface area contributed by atoms with Crippen LogP contribution in [-0.4, -0.2) is 19.6 Å². The van der Waals surface area contributed by atoms with Crippen molar-refractivity contribution in [2.45, 2.75) is 6.42 Å². The van der Waals surface area contributed by atoms with Crippen molar-refractivity contribution in [3.05, 3.63) is 65.2 Å². The van der Waals surface area contributed by atoms with Crippen molar-refractivity contribution in [3.63, 3.8) is 0 Å². The molecule has 2 rings (SSSR count). The van der Waals surface area contributed by atoms with Crippen molar-refractivity contribution in [1.82, 2.24) is 5.32 Å². The first kappa shape index (κ1) is 15.0. The second-order valence-corrected chi connectivity index (χ2v) is 4.45. The molecule has 0 saturated heterocycles. The number of benzene rings is 2. The van der Waals surface area contributed by atoms with Crippen LogP contribution in [0.3, 0.4) is 0 Å². The zero-order chi connectivity index (χ0) is 15.2. The summed E-state index contributed by atoms with van der Waals surface area (Å²) in [7, 11) is 1.35. The number of carbonyl (C=O) groups is 1. The summed E-state index contributed by atoms with van der Waals surface area (Å²) in [4.78, 5) is 11.9. The molecule has 0 saturated carbocycles. The van der Waals surface area contributed by atoms with E-state index in [9.17, 15) is 13.6 Å². The fourth-order valence-electron chi connectivity index (χ4n) is 1.92. The highest BCUT2D eigenvalue weighted by Crippen LogP contribution is 2.17. The monoisotopic (exact) mass is 291 g/mol. The molecule has 0 aliphatic rings. The van der Waals surface area contributed by atoms with Gasteiger partial charge < -0.3 is 10.1 Å². The van der Waals surface area contributed by atoms with Gasteiger partial charge in [-0.15, -0.1) is 0 Å². The summed E-state index contributed by atoms with van der Waals surface area (Å²) in [5.41, 5.74) is 0.723. The molecule has 2 aromatic carbocycles. The highest BCUT2D eigenvalue weighted by molar-refractivity contribution is 5.94. The van der Waals surface area contributed by atoms with Crippen LogP contribution in [0.1, 0.15) is 15.9 Å². The highest BCUT2D eigenvalue weighted by atomic mass is 19.1. The van der Waals surface area contributed by atoms with Crippen LogP contribution < -0.4 is 10.1 Å². The van der Waals surface area contributed by atoms with Gasteiger partial charge in [-0.1, -0.05) is 18.2 Å². The summed E-state index contributed by atoms with van der Waals surface area (Å²) in [6, 6.07) is 10.3. The second kappa shape index (κ2) is 6.83. The molecule has 0 spiro atoms. The Kier molecular flexibility index (Phi) is 4.87. The standard InChI is InChI=1S/C16H15F2NO2/c1-21-15-7-6-12(10-14(15)18)16(20)19-9-8-11-4-2-3-5-13(11)17/h2-7,10H,8-9H2,1H3,(H,19,20). The van der Waals surface area contributed by atoms with Crippen molar-refractivity contribution in [2.75, 3.05) is 13.7 Å². The van der Waals surface area contributed by atoms with E-state index in [1.165, 1.54) is 25.3 Å². The number of amides is 1. The van der Waals surface area contributed by atoms with Crippen molar-refractivity contribution in [3.8, 4) is 5.75 Å². The molecule has 0 aliphatic carbocycles. The maximum Gasteiger partial charge on any atom is 0.251 e. The summed E-state index contributed by atoms with van der Waals surface area (Å²) in [6.45, 7) is 0.271. The molecule has 3 nitrogen and oxygen atoms in total. The van der Waals surface area contributed by atoms with Crippen LogP contribution in [0.15, 0.2) is 42.5 Å². The number of halogens is 2. The lowest BCUT2D eigenvalue weighted by molar-refractivity contribution is 0.0953. The number of hydrogen-bond acceptors (Lipinski definition) is 2. The van der Waals surface area contributed by atoms with Gasteiger partial charge >= 0.3 is 0 Å². The Balaban J connectivity index is 1.93. The van der Waals surface area contributed by atoms with E-state index in [2.05, 4.69) is 5.32 Å². The number of nitrogens with one attached hydrogen (secondary N) is 1. The molecule has 0 radical (unpaired) electrons. The van der Waals surface area contributed by atoms with Gasteiger partial charge in [-0.05, 0) is 36.2 Å². The molecular weight excluding hydrogens is 276 g/mol. The minimum Gasteiger partial charge on any atom is -0.494 e. The maximum atomic E-state index is 13.5. The first-order valence-electron chi connectivity index (χ1n) is 6.47. The number of ether oxygens (including phenoxy) is 1. The first-order valence-corrected chi connectivity index (χ1v) is 6.47. The van der Waals surface area contributed by atoms with Crippen molar-refractivity contribution in [2.24, 2.45) is 0 Å². The lowest BCUT2D eigenvalue weighted by atomic mass is 10.1. The van der Waals surface area contributed by atoms with Crippen LogP contribution in [0.4, 0.5) is 8.78 Å². The molecule has 21 heavy (non-hydrogen) atoms. The van der Waals surface area contributed by atoms with E-state index in [1.54, 1.807) is 18.2 Å². The Morgan fingerprint density at radius 1 is 1.14 bits per heavy atom. The van der Waals surface area contributed by atoms with Gasteiger partial charge in [0.15, 0.2) is 11.6 Å². The summed E-state index contributed by atoms with van der Waals surface area (Å²) in [5.74, 6) is -1.23. The van der Waals surface area contributed by atoms with Crippen molar-refractivity contribution in [1.29, 1.82) is 0 Å². The molecule has 0 heterocycles. The smallest absolute Gasteiger partial charge is 0.251 e. The number of carbonyl (C=O) groups excluding carboxylic acids is 1. The van der Waals surface area contributed by atoms with E-state index in [0.29, 0.717) is 12.0 Å². The zero-order valence-corrected chi connectivity index (χ0v) is 11.5. The fraction of sp³-hybridized carbons (Fsp3) is 0.188. The third kappa shape index (κ3) is 3.78. The summed E-state index contributed by atoms with van der Waals surface area (Å²) in [5, 5.41) is 2.63. The number of methoxy groups -OCH3 is 1. The highest BCUT2D eigenvalue weighted by Gasteiger charge is 2.10. The first-order chi connectivity index (χ1) is 10.1. The molecule has 0 aliphatic heterocycles. The summed E-state index contributed by atoms with van der Waals surface area (Å²) >= 11 is 0. The van der Waals surface area contributed by atoms with Gasteiger partial charge in [0.25, 0.3) is 5.91 Å². The zero-order valence-electron chi connectivity index (χ0n) is 11.5. The van der Waals surface area contributed by atoms with Gasteiger partial charge in [-0.2, -0.15) is 0 Å². The van der Waals surface area contributed by atoms with Gasteiger partial charge in [0.2, 0.25) is 0 Å². The lowest BCUT2D eigenvalue weighted by Crippen LogP contribution is -2.26. The predicted molar refractivity (Wildman–Crippen MR) is 75.4 cm³/mol.